The fourth-order valence-corrected chi connectivity index (χ4v) is 5.19. The van der Waals surface area contributed by atoms with Gasteiger partial charge >= 0.3 is 0 Å². The number of halogens is 1. The van der Waals surface area contributed by atoms with Crippen molar-refractivity contribution in [3.8, 4) is 22.3 Å². The first-order chi connectivity index (χ1) is 16.0. The molecule has 1 nitrogen and oxygen atoms in total. The zero-order chi connectivity index (χ0) is 24.3. The minimum absolute atomic E-state index is 0.154. The first kappa shape index (κ1) is 22.9. The van der Waals surface area contributed by atoms with Crippen molar-refractivity contribution >= 4 is 37.7 Å². The fraction of sp³-hybridized carbons (Fsp3) is 0.250. The summed E-state index contributed by atoms with van der Waals surface area (Å²) >= 11 is 3.83. The van der Waals surface area contributed by atoms with E-state index in [-0.39, 0.29) is 10.8 Å². The van der Waals surface area contributed by atoms with Gasteiger partial charge in [-0.2, -0.15) is 0 Å². The summed E-state index contributed by atoms with van der Waals surface area (Å²) in [4.78, 5) is 3.61. The first-order valence-corrected chi connectivity index (χ1v) is 12.8. The van der Waals surface area contributed by atoms with E-state index in [1.54, 1.807) is 0 Å². The SMILES string of the molecule is CC(C)(C)c1ccc(-c2ccc3[nH]c4c(Br)cc(-c5ccc(C(C)(C)C)cc5)cc4c3c2)cc1. The molecule has 0 aliphatic rings. The number of nitrogens with one attached hydrogen (secondary N) is 1. The number of rotatable bonds is 2. The molecule has 5 rings (SSSR count). The molecule has 172 valence electrons. The molecule has 2 heteroatoms. The Kier molecular flexibility index (Phi) is 5.48. The monoisotopic (exact) mass is 509 g/mol. The Morgan fingerprint density at radius 3 is 1.53 bits per heavy atom. The van der Waals surface area contributed by atoms with Gasteiger partial charge in [-0.15, -0.1) is 0 Å². The van der Waals surface area contributed by atoms with Crippen molar-refractivity contribution in [2.45, 2.75) is 52.4 Å². The summed E-state index contributed by atoms with van der Waals surface area (Å²) in [5.74, 6) is 0. The number of benzene rings is 4. The van der Waals surface area contributed by atoms with E-state index >= 15 is 0 Å². The van der Waals surface area contributed by atoms with Crippen molar-refractivity contribution in [3.63, 3.8) is 0 Å². The summed E-state index contributed by atoms with van der Waals surface area (Å²) in [6.07, 6.45) is 0. The molecule has 0 spiro atoms. The Hall–Kier alpha value is -2.84. The zero-order valence-corrected chi connectivity index (χ0v) is 22.5. The third-order valence-corrected chi connectivity index (χ3v) is 7.45. The van der Waals surface area contributed by atoms with Gasteiger partial charge in [-0.1, -0.05) is 96.1 Å². The van der Waals surface area contributed by atoms with E-state index in [2.05, 4.69) is 141 Å². The molecule has 0 atom stereocenters. The largest absolute Gasteiger partial charge is 0.354 e. The van der Waals surface area contributed by atoms with E-state index in [4.69, 9.17) is 0 Å². The van der Waals surface area contributed by atoms with Crippen LogP contribution in [0.3, 0.4) is 0 Å². The molecule has 0 aliphatic heterocycles. The maximum absolute atomic E-state index is 3.83. The summed E-state index contributed by atoms with van der Waals surface area (Å²) in [7, 11) is 0. The maximum atomic E-state index is 3.83. The lowest BCUT2D eigenvalue weighted by molar-refractivity contribution is 0.590. The predicted octanol–water partition coefficient (Wildman–Crippen LogP) is 10.0. The van der Waals surface area contributed by atoms with Crippen LogP contribution in [0.15, 0.2) is 83.3 Å². The highest BCUT2D eigenvalue weighted by molar-refractivity contribution is 9.10. The molecular formula is C32H32BrN. The van der Waals surface area contributed by atoms with Crippen LogP contribution in [0.5, 0.6) is 0 Å². The van der Waals surface area contributed by atoms with Crippen LogP contribution in [-0.4, -0.2) is 4.98 Å². The molecule has 0 aliphatic carbocycles. The Labute approximate surface area is 211 Å². The molecule has 1 heterocycles. The van der Waals surface area contributed by atoms with Crippen LogP contribution < -0.4 is 0 Å². The van der Waals surface area contributed by atoms with Gasteiger partial charge in [-0.25, -0.2) is 0 Å². The van der Waals surface area contributed by atoms with Crippen LogP contribution in [-0.2, 0) is 10.8 Å². The Balaban J connectivity index is 1.60. The van der Waals surface area contributed by atoms with Crippen molar-refractivity contribution in [1.29, 1.82) is 0 Å². The molecule has 1 N–H and O–H groups in total. The molecule has 0 amide bonds. The van der Waals surface area contributed by atoms with E-state index in [0.717, 1.165) is 15.5 Å². The summed E-state index contributed by atoms with van der Waals surface area (Å²) in [6, 6.07) is 29.3. The number of hydrogen-bond acceptors (Lipinski definition) is 0. The second kappa shape index (κ2) is 8.13. The van der Waals surface area contributed by atoms with E-state index in [1.807, 2.05) is 0 Å². The Bertz CT molecular complexity index is 1490. The molecular weight excluding hydrogens is 478 g/mol. The average Bonchev–Trinajstić information content (AvgIpc) is 3.17. The van der Waals surface area contributed by atoms with E-state index in [1.165, 1.54) is 44.2 Å². The van der Waals surface area contributed by atoms with Gasteiger partial charge in [0.15, 0.2) is 0 Å². The molecule has 1 aromatic heterocycles. The van der Waals surface area contributed by atoms with Crippen molar-refractivity contribution in [2.24, 2.45) is 0 Å². The number of aromatic amines is 1. The fourth-order valence-electron chi connectivity index (χ4n) is 4.63. The van der Waals surface area contributed by atoms with Gasteiger partial charge in [0.2, 0.25) is 0 Å². The van der Waals surface area contributed by atoms with Crippen molar-refractivity contribution in [1.82, 2.24) is 4.98 Å². The number of hydrogen-bond donors (Lipinski definition) is 1. The highest BCUT2D eigenvalue weighted by Crippen LogP contribution is 2.37. The normalized spacial score (nSPS) is 12.6. The standard InChI is InChI=1S/C32H32BrN/c1-31(2,3)24-12-7-20(8-13-24)22-11-16-29-26(17-22)27-18-23(19-28(33)30(27)34-29)21-9-14-25(15-10-21)32(4,5)6/h7-19,34H,1-6H3. The summed E-state index contributed by atoms with van der Waals surface area (Å²) < 4.78 is 1.09. The van der Waals surface area contributed by atoms with Crippen LogP contribution in [0.25, 0.3) is 44.1 Å². The van der Waals surface area contributed by atoms with Crippen LogP contribution in [0.4, 0.5) is 0 Å². The van der Waals surface area contributed by atoms with Gasteiger partial charge in [0.25, 0.3) is 0 Å². The second-order valence-electron chi connectivity index (χ2n) is 11.4. The zero-order valence-electron chi connectivity index (χ0n) is 20.9. The lowest BCUT2D eigenvalue weighted by atomic mass is 9.86. The van der Waals surface area contributed by atoms with Crippen LogP contribution >= 0.6 is 15.9 Å². The van der Waals surface area contributed by atoms with Crippen LogP contribution in [0.2, 0.25) is 0 Å². The lowest BCUT2D eigenvalue weighted by Crippen LogP contribution is -2.10. The Morgan fingerprint density at radius 2 is 1.00 bits per heavy atom. The van der Waals surface area contributed by atoms with Gasteiger partial charge in [0, 0.05) is 20.8 Å². The van der Waals surface area contributed by atoms with Crippen molar-refractivity contribution in [2.75, 3.05) is 0 Å². The van der Waals surface area contributed by atoms with Gasteiger partial charge < -0.3 is 4.98 Å². The molecule has 0 bridgehead atoms. The Morgan fingerprint density at radius 1 is 0.529 bits per heavy atom. The average molecular weight is 511 g/mol. The van der Waals surface area contributed by atoms with E-state index in [9.17, 15) is 0 Å². The molecule has 34 heavy (non-hydrogen) atoms. The topological polar surface area (TPSA) is 15.8 Å². The molecule has 0 saturated carbocycles. The molecule has 5 aromatic rings. The van der Waals surface area contributed by atoms with Gasteiger partial charge in [0.05, 0.1) is 5.52 Å². The first-order valence-electron chi connectivity index (χ1n) is 12.0. The predicted molar refractivity (Wildman–Crippen MR) is 152 cm³/mol. The third kappa shape index (κ3) is 4.20. The van der Waals surface area contributed by atoms with Crippen LogP contribution in [0, 0.1) is 0 Å². The second-order valence-corrected chi connectivity index (χ2v) is 12.3. The lowest BCUT2D eigenvalue weighted by Gasteiger charge is -2.19. The maximum Gasteiger partial charge on any atom is 0.0609 e. The van der Waals surface area contributed by atoms with E-state index in [0.29, 0.717) is 0 Å². The molecule has 0 fully saturated rings. The highest BCUT2D eigenvalue weighted by atomic mass is 79.9. The quantitative estimate of drug-likeness (QED) is 0.243. The number of fused-ring (bicyclic) bond motifs is 3. The molecule has 0 unspecified atom stereocenters. The molecule has 0 radical (unpaired) electrons. The highest BCUT2D eigenvalue weighted by Gasteiger charge is 2.16. The van der Waals surface area contributed by atoms with Crippen molar-refractivity contribution < 1.29 is 0 Å². The van der Waals surface area contributed by atoms with Crippen LogP contribution in [0.1, 0.15) is 52.7 Å². The number of H-pyrrole nitrogens is 1. The van der Waals surface area contributed by atoms with Gasteiger partial charge in [0.1, 0.15) is 0 Å². The smallest absolute Gasteiger partial charge is 0.0609 e. The summed E-state index contributed by atoms with van der Waals surface area (Å²) in [5.41, 5.74) is 10.3. The van der Waals surface area contributed by atoms with Gasteiger partial charge in [-0.05, 0) is 84.4 Å². The minimum Gasteiger partial charge on any atom is -0.354 e. The summed E-state index contributed by atoms with van der Waals surface area (Å²) in [5, 5.41) is 2.49. The summed E-state index contributed by atoms with van der Waals surface area (Å²) in [6.45, 7) is 13.5. The third-order valence-electron chi connectivity index (χ3n) is 6.83. The van der Waals surface area contributed by atoms with E-state index < -0.39 is 0 Å². The minimum atomic E-state index is 0.154. The molecule has 0 saturated heterocycles. The van der Waals surface area contributed by atoms with Crippen molar-refractivity contribution in [3.05, 3.63) is 94.5 Å². The molecule has 4 aromatic carbocycles. The van der Waals surface area contributed by atoms with Gasteiger partial charge in [-0.3, -0.25) is 0 Å². The number of aromatic nitrogens is 1.